The third kappa shape index (κ3) is 5.84. The lowest BCUT2D eigenvalue weighted by Crippen LogP contribution is -2.37. The summed E-state index contributed by atoms with van der Waals surface area (Å²) in [6.45, 7) is 6.70. The van der Waals surface area contributed by atoms with Crippen LogP contribution in [0, 0.1) is 5.41 Å². The molecule has 0 aliphatic carbocycles. The van der Waals surface area contributed by atoms with Gasteiger partial charge in [-0.3, -0.25) is 0 Å². The van der Waals surface area contributed by atoms with Gasteiger partial charge in [-0.05, 0) is 24.4 Å². The topological polar surface area (TPSA) is 47.9 Å². The molecular weight excluding hydrogens is 210 g/mol. The zero-order valence-corrected chi connectivity index (χ0v) is 11.3. The first-order valence-corrected chi connectivity index (χ1v) is 7.55. The van der Waals surface area contributed by atoms with Crippen LogP contribution in [-0.2, 0) is 13.6 Å². The van der Waals surface area contributed by atoms with Crippen molar-refractivity contribution < 1.29 is 13.6 Å². The minimum absolute atomic E-state index is 0.00271. The minimum atomic E-state index is -1.99. The van der Waals surface area contributed by atoms with Gasteiger partial charge in [-0.25, -0.2) is 9.79 Å². The van der Waals surface area contributed by atoms with Crippen LogP contribution in [0.4, 0.5) is 0 Å². The SMILES string of the molecule is CO[Si](C)(CCC(C)(C)CN=C=O)OC. The number of hydrogen-bond acceptors (Lipinski definition) is 4. The van der Waals surface area contributed by atoms with E-state index in [1.807, 2.05) is 6.55 Å². The minimum Gasteiger partial charge on any atom is -0.398 e. The summed E-state index contributed by atoms with van der Waals surface area (Å²) in [5.41, 5.74) is 0.00271. The van der Waals surface area contributed by atoms with Gasteiger partial charge in [-0.2, -0.15) is 0 Å². The van der Waals surface area contributed by atoms with E-state index in [1.165, 1.54) is 0 Å². The van der Waals surface area contributed by atoms with Crippen molar-refractivity contribution in [3.05, 3.63) is 0 Å². The lowest BCUT2D eigenvalue weighted by molar-refractivity contribution is 0.238. The first-order chi connectivity index (χ1) is 6.89. The molecule has 0 N–H and O–H groups in total. The second kappa shape index (κ2) is 6.18. The Kier molecular flexibility index (Phi) is 5.98. The Balaban J connectivity index is 4.17. The molecule has 0 aliphatic rings. The van der Waals surface area contributed by atoms with Crippen LogP contribution in [0.5, 0.6) is 0 Å². The highest BCUT2D eigenvalue weighted by Gasteiger charge is 2.31. The van der Waals surface area contributed by atoms with Crippen LogP contribution in [0.3, 0.4) is 0 Å². The fraction of sp³-hybridized carbons (Fsp3) is 0.900. The highest BCUT2D eigenvalue weighted by atomic mass is 28.4. The molecule has 0 unspecified atom stereocenters. The summed E-state index contributed by atoms with van der Waals surface area (Å²) in [6.07, 6.45) is 2.51. The number of carbonyl (C=O) groups excluding carboxylic acids is 1. The molecule has 0 aromatic heterocycles. The van der Waals surface area contributed by atoms with Crippen LogP contribution in [-0.4, -0.2) is 35.4 Å². The van der Waals surface area contributed by atoms with Crippen LogP contribution >= 0.6 is 0 Å². The van der Waals surface area contributed by atoms with Crippen LogP contribution < -0.4 is 0 Å². The van der Waals surface area contributed by atoms with E-state index in [1.54, 1.807) is 20.3 Å². The maximum atomic E-state index is 10.0. The molecule has 15 heavy (non-hydrogen) atoms. The molecule has 0 saturated carbocycles. The Morgan fingerprint density at radius 2 is 1.87 bits per heavy atom. The van der Waals surface area contributed by atoms with Crippen molar-refractivity contribution in [2.45, 2.75) is 32.9 Å². The summed E-state index contributed by atoms with van der Waals surface area (Å²) in [4.78, 5) is 13.7. The van der Waals surface area contributed by atoms with Gasteiger partial charge in [-0.15, -0.1) is 0 Å². The molecule has 0 atom stereocenters. The number of hydrogen-bond donors (Lipinski definition) is 0. The maximum Gasteiger partial charge on any atom is 0.334 e. The predicted octanol–water partition coefficient (Wildman–Crippen LogP) is 2.10. The van der Waals surface area contributed by atoms with E-state index in [4.69, 9.17) is 8.85 Å². The van der Waals surface area contributed by atoms with Gasteiger partial charge in [0.1, 0.15) is 0 Å². The maximum absolute atomic E-state index is 10.0. The predicted molar refractivity (Wildman–Crippen MR) is 61.8 cm³/mol. The summed E-state index contributed by atoms with van der Waals surface area (Å²) >= 11 is 0. The first kappa shape index (κ1) is 14.5. The zero-order chi connectivity index (χ0) is 11.9. The van der Waals surface area contributed by atoms with Crippen molar-refractivity contribution in [3.8, 4) is 0 Å². The number of rotatable bonds is 7. The Hall–Kier alpha value is -0.483. The van der Waals surface area contributed by atoms with E-state index in [0.717, 1.165) is 12.5 Å². The standard InChI is InChI=1S/C10H21NO3Si/c1-10(2,8-11-9-12)6-7-15(5,13-3)14-4/h6-8H2,1-5H3. The Morgan fingerprint density at radius 3 is 2.27 bits per heavy atom. The Bertz CT molecular complexity index is 233. The van der Waals surface area contributed by atoms with Gasteiger partial charge in [0.15, 0.2) is 0 Å². The smallest absolute Gasteiger partial charge is 0.334 e. The molecule has 0 saturated heterocycles. The molecule has 0 aromatic carbocycles. The summed E-state index contributed by atoms with van der Waals surface area (Å²) < 4.78 is 10.8. The molecule has 0 amide bonds. The third-order valence-electron chi connectivity index (χ3n) is 2.69. The largest absolute Gasteiger partial charge is 0.398 e. The molecule has 0 aliphatic heterocycles. The van der Waals surface area contributed by atoms with Gasteiger partial charge in [-0.1, -0.05) is 13.8 Å². The van der Waals surface area contributed by atoms with Crippen LogP contribution in [0.2, 0.25) is 12.6 Å². The Morgan fingerprint density at radius 1 is 1.33 bits per heavy atom. The van der Waals surface area contributed by atoms with Crippen molar-refractivity contribution in [1.82, 2.24) is 0 Å². The molecule has 0 rings (SSSR count). The van der Waals surface area contributed by atoms with Crippen molar-refractivity contribution in [3.63, 3.8) is 0 Å². The number of isocyanates is 1. The highest BCUT2D eigenvalue weighted by molar-refractivity contribution is 6.65. The van der Waals surface area contributed by atoms with Gasteiger partial charge in [0.25, 0.3) is 0 Å². The third-order valence-corrected chi connectivity index (χ3v) is 5.58. The summed E-state index contributed by atoms with van der Waals surface area (Å²) in [5.74, 6) is 0. The number of aliphatic imine (C=N–C) groups is 1. The fourth-order valence-corrected chi connectivity index (χ4v) is 2.88. The van der Waals surface area contributed by atoms with Crippen molar-refractivity contribution in [1.29, 1.82) is 0 Å². The van der Waals surface area contributed by atoms with Gasteiger partial charge in [0.2, 0.25) is 6.08 Å². The van der Waals surface area contributed by atoms with Gasteiger partial charge in [0, 0.05) is 14.2 Å². The second-order valence-corrected chi connectivity index (χ2v) is 8.20. The summed E-state index contributed by atoms with van der Waals surface area (Å²) in [7, 11) is 1.39. The van der Waals surface area contributed by atoms with E-state index >= 15 is 0 Å². The van der Waals surface area contributed by atoms with E-state index < -0.39 is 8.56 Å². The monoisotopic (exact) mass is 231 g/mol. The molecular formula is C10H21NO3Si. The average Bonchev–Trinajstić information content (AvgIpc) is 2.23. The molecule has 0 fully saturated rings. The van der Waals surface area contributed by atoms with Crippen molar-refractivity contribution in [2.75, 3.05) is 20.8 Å². The van der Waals surface area contributed by atoms with Gasteiger partial charge in [0.05, 0.1) is 6.54 Å². The average molecular weight is 231 g/mol. The van der Waals surface area contributed by atoms with Crippen molar-refractivity contribution >= 4 is 14.6 Å². The Labute approximate surface area is 92.9 Å². The van der Waals surface area contributed by atoms with Crippen LogP contribution in [0.1, 0.15) is 20.3 Å². The van der Waals surface area contributed by atoms with Gasteiger partial charge >= 0.3 is 8.56 Å². The quantitative estimate of drug-likeness (QED) is 0.383. The van der Waals surface area contributed by atoms with Gasteiger partial charge < -0.3 is 8.85 Å². The van der Waals surface area contributed by atoms with E-state index in [2.05, 4.69) is 18.8 Å². The second-order valence-electron chi connectivity index (χ2n) is 4.61. The highest BCUT2D eigenvalue weighted by Crippen LogP contribution is 2.27. The first-order valence-electron chi connectivity index (χ1n) is 5.03. The van der Waals surface area contributed by atoms with Crippen LogP contribution in [0.15, 0.2) is 4.99 Å². The molecule has 88 valence electrons. The molecule has 0 heterocycles. The summed E-state index contributed by atoms with van der Waals surface area (Å²) in [5, 5.41) is 0. The van der Waals surface area contributed by atoms with E-state index in [9.17, 15) is 4.79 Å². The molecule has 4 nitrogen and oxygen atoms in total. The lowest BCUT2D eigenvalue weighted by Gasteiger charge is -2.28. The molecule has 0 spiro atoms. The van der Waals surface area contributed by atoms with Crippen molar-refractivity contribution in [2.24, 2.45) is 10.4 Å². The lowest BCUT2D eigenvalue weighted by atomic mass is 9.90. The summed E-state index contributed by atoms with van der Waals surface area (Å²) in [6, 6.07) is 0.904. The molecule has 0 bridgehead atoms. The molecule has 0 aromatic rings. The molecule has 0 radical (unpaired) electrons. The van der Waals surface area contributed by atoms with E-state index in [0.29, 0.717) is 6.54 Å². The normalized spacial score (nSPS) is 12.3. The fourth-order valence-electron chi connectivity index (χ4n) is 1.18. The number of nitrogens with zero attached hydrogens (tertiary/aromatic N) is 1. The zero-order valence-electron chi connectivity index (χ0n) is 10.3. The van der Waals surface area contributed by atoms with E-state index in [-0.39, 0.29) is 5.41 Å². The van der Waals surface area contributed by atoms with Crippen LogP contribution in [0.25, 0.3) is 0 Å². The molecule has 5 heteroatoms.